The highest BCUT2D eigenvalue weighted by molar-refractivity contribution is 7.89. The van der Waals surface area contributed by atoms with Crippen molar-refractivity contribution < 1.29 is 13.5 Å². The Morgan fingerprint density at radius 3 is 2.67 bits per heavy atom. The van der Waals surface area contributed by atoms with Crippen molar-refractivity contribution >= 4 is 10.0 Å². The molecule has 0 aliphatic heterocycles. The smallest absolute Gasteiger partial charge is 0.243 e. The molecule has 0 amide bonds. The van der Waals surface area contributed by atoms with E-state index < -0.39 is 10.0 Å². The average molecular weight is 307 g/mol. The first-order chi connectivity index (χ1) is 9.96. The van der Waals surface area contributed by atoms with E-state index in [-0.39, 0.29) is 12.6 Å². The first-order valence-electron chi connectivity index (χ1n) is 7.15. The predicted molar refractivity (Wildman–Crippen MR) is 82.3 cm³/mol. The molecule has 0 aromatic heterocycles. The molecule has 1 saturated carbocycles. The summed E-state index contributed by atoms with van der Waals surface area (Å²) >= 11 is 0. The summed E-state index contributed by atoms with van der Waals surface area (Å²) in [5.41, 5.74) is 1.39. The van der Waals surface area contributed by atoms with Gasteiger partial charge in [0, 0.05) is 25.1 Å². The Morgan fingerprint density at radius 2 is 2.10 bits per heavy atom. The number of nitrogens with zero attached hydrogens (tertiary/aromatic N) is 1. The van der Waals surface area contributed by atoms with Gasteiger partial charge in [0.25, 0.3) is 0 Å². The molecular weight excluding hydrogens is 286 g/mol. The summed E-state index contributed by atoms with van der Waals surface area (Å²) in [6.45, 7) is 1.81. The second kappa shape index (κ2) is 6.61. The van der Waals surface area contributed by atoms with E-state index in [2.05, 4.69) is 11.8 Å². The van der Waals surface area contributed by atoms with Crippen molar-refractivity contribution in [3.63, 3.8) is 0 Å². The minimum absolute atomic E-state index is 0.00837. The van der Waals surface area contributed by atoms with Crippen molar-refractivity contribution in [1.29, 1.82) is 0 Å². The van der Waals surface area contributed by atoms with Crippen molar-refractivity contribution in [2.75, 3.05) is 13.7 Å². The molecule has 1 aliphatic rings. The molecule has 1 aromatic carbocycles. The van der Waals surface area contributed by atoms with Crippen LogP contribution in [0.4, 0.5) is 0 Å². The lowest BCUT2D eigenvalue weighted by Gasteiger charge is -2.34. The Hall–Kier alpha value is -1.35. The topological polar surface area (TPSA) is 57.6 Å². The highest BCUT2D eigenvalue weighted by Gasteiger charge is 2.32. The van der Waals surface area contributed by atoms with Crippen LogP contribution >= 0.6 is 0 Å². The minimum Gasteiger partial charge on any atom is -0.395 e. The minimum atomic E-state index is -3.47. The maximum atomic E-state index is 12.7. The third-order valence-corrected chi connectivity index (χ3v) is 5.96. The summed E-state index contributed by atoms with van der Waals surface area (Å²) in [4.78, 5) is 0.327. The second-order valence-corrected chi connectivity index (χ2v) is 7.33. The Balaban J connectivity index is 2.33. The zero-order valence-electron chi connectivity index (χ0n) is 12.5. The summed E-state index contributed by atoms with van der Waals surface area (Å²) in [5, 5.41) is 8.73. The van der Waals surface area contributed by atoms with Crippen molar-refractivity contribution in [1.82, 2.24) is 4.31 Å². The van der Waals surface area contributed by atoms with Crippen LogP contribution in [0, 0.1) is 18.8 Å². The Morgan fingerprint density at radius 1 is 1.38 bits per heavy atom. The molecule has 4 nitrogen and oxygen atoms in total. The quantitative estimate of drug-likeness (QED) is 0.864. The predicted octanol–water partition coefficient (Wildman–Crippen LogP) is 1.90. The summed E-state index contributed by atoms with van der Waals surface area (Å²) in [6.07, 6.45) is 3.35. The number of hydrogen-bond acceptors (Lipinski definition) is 3. The van der Waals surface area contributed by atoms with Crippen molar-refractivity contribution in [3.05, 3.63) is 29.3 Å². The summed E-state index contributed by atoms with van der Waals surface area (Å²) in [7, 11) is -1.81. The standard InChI is InChI=1S/C16H21NO3S/c1-13-9-10-14(6-3-4-11-18)12-16(13)21(19,20)17(2)15-7-5-8-15/h9-10,12,15,18H,4-5,7-8,11H2,1-2H3. The third kappa shape index (κ3) is 3.46. The molecule has 0 bridgehead atoms. The van der Waals surface area contributed by atoms with Gasteiger partial charge in [-0.05, 0) is 37.5 Å². The van der Waals surface area contributed by atoms with Gasteiger partial charge in [0.1, 0.15) is 0 Å². The number of aryl methyl sites for hydroxylation is 1. The number of rotatable bonds is 4. The molecular formula is C16H21NO3S. The molecule has 1 aliphatic carbocycles. The Bertz CT molecular complexity index is 666. The summed E-state index contributed by atoms with van der Waals surface area (Å²) in [5.74, 6) is 5.70. The van der Waals surface area contributed by atoms with Crippen molar-refractivity contribution in [2.24, 2.45) is 0 Å². The fourth-order valence-electron chi connectivity index (χ4n) is 2.28. The monoisotopic (exact) mass is 307 g/mol. The van der Waals surface area contributed by atoms with Crippen LogP contribution < -0.4 is 0 Å². The van der Waals surface area contributed by atoms with Crippen LogP contribution in [0.25, 0.3) is 0 Å². The lowest BCUT2D eigenvalue weighted by Crippen LogP contribution is -2.41. The number of aliphatic hydroxyl groups is 1. The SMILES string of the molecule is Cc1ccc(C#CCCO)cc1S(=O)(=O)N(C)C1CCC1. The fraction of sp³-hybridized carbons (Fsp3) is 0.500. The lowest BCUT2D eigenvalue weighted by molar-refractivity contribution is 0.249. The third-order valence-electron chi connectivity index (χ3n) is 3.90. The Kier molecular flexibility index (Phi) is 5.04. The Labute approximate surface area is 126 Å². The van der Waals surface area contributed by atoms with E-state index in [9.17, 15) is 8.42 Å². The van der Waals surface area contributed by atoms with Gasteiger partial charge in [-0.2, -0.15) is 4.31 Å². The molecule has 114 valence electrons. The second-order valence-electron chi connectivity index (χ2n) is 5.36. The molecule has 0 unspecified atom stereocenters. The van der Waals surface area contributed by atoms with Crippen LogP contribution in [0.15, 0.2) is 23.1 Å². The van der Waals surface area contributed by atoms with Gasteiger partial charge in [-0.1, -0.05) is 24.3 Å². The number of sulfonamides is 1. The first-order valence-corrected chi connectivity index (χ1v) is 8.59. The molecule has 2 rings (SSSR count). The fourth-order valence-corrected chi connectivity index (χ4v) is 3.94. The van der Waals surface area contributed by atoms with E-state index in [4.69, 9.17) is 5.11 Å². The average Bonchev–Trinajstić information content (AvgIpc) is 2.38. The highest BCUT2D eigenvalue weighted by Crippen LogP contribution is 2.29. The highest BCUT2D eigenvalue weighted by atomic mass is 32.2. The van der Waals surface area contributed by atoms with Gasteiger partial charge < -0.3 is 5.11 Å². The van der Waals surface area contributed by atoms with Crippen LogP contribution in [-0.4, -0.2) is 37.5 Å². The molecule has 0 radical (unpaired) electrons. The number of hydrogen-bond donors (Lipinski definition) is 1. The summed E-state index contributed by atoms with van der Waals surface area (Å²) in [6, 6.07) is 5.34. The maximum Gasteiger partial charge on any atom is 0.243 e. The molecule has 0 saturated heterocycles. The van der Waals surface area contributed by atoms with E-state index in [0.717, 1.165) is 24.8 Å². The molecule has 0 heterocycles. The zero-order chi connectivity index (χ0) is 15.5. The molecule has 1 aromatic rings. The number of aliphatic hydroxyl groups excluding tert-OH is 1. The van der Waals surface area contributed by atoms with Gasteiger partial charge >= 0.3 is 0 Å². The lowest BCUT2D eigenvalue weighted by atomic mass is 9.94. The molecule has 1 fully saturated rings. The van der Waals surface area contributed by atoms with Gasteiger partial charge in [-0.3, -0.25) is 0 Å². The first kappa shape index (κ1) is 16.0. The molecule has 5 heteroatoms. The van der Waals surface area contributed by atoms with Crippen LogP contribution in [-0.2, 0) is 10.0 Å². The largest absolute Gasteiger partial charge is 0.395 e. The molecule has 21 heavy (non-hydrogen) atoms. The van der Waals surface area contributed by atoms with Crippen LogP contribution in [0.3, 0.4) is 0 Å². The van der Waals surface area contributed by atoms with Gasteiger partial charge in [-0.25, -0.2) is 8.42 Å². The van der Waals surface area contributed by atoms with E-state index in [1.807, 2.05) is 6.07 Å². The van der Waals surface area contributed by atoms with Crippen molar-refractivity contribution in [2.45, 2.75) is 43.5 Å². The van der Waals surface area contributed by atoms with E-state index in [0.29, 0.717) is 16.9 Å². The van der Waals surface area contributed by atoms with E-state index >= 15 is 0 Å². The van der Waals surface area contributed by atoms with Gasteiger partial charge in [-0.15, -0.1) is 0 Å². The molecule has 0 atom stereocenters. The summed E-state index contributed by atoms with van der Waals surface area (Å²) < 4.78 is 26.9. The number of benzene rings is 1. The zero-order valence-corrected chi connectivity index (χ0v) is 13.3. The van der Waals surface area contributed by atoms with Gasteiger partial charge in [0.15, 0.2) is 0 Å². The van der Waals surface area contributed by atoms with E-state index in [1.54, 1.807) is 26.1 Å². The van der Waals surface area contributed by atoms with Gasteiger partial charge in [0.05, 0.1) is 11.5 Å². The van der Waals surface area contributed by atoms with Crippen LogP contribution in [0.5, 0.6) is 0 Å². The normalized spacial score (nSPS) is 15.4. The van der Waals surface area contributed by atoms with Gasteiger partial charge in [0.2, 0.25) is 10.0 Å². The van der Waals surface area contributed by atoms with Crippen LogP contribution in [0.1, 0.15) is 36.8 Å². The molecule has 0 spiro atoms. The molecule has 1 N–H and O–H groups in total. The van der Waals surface area contributed by atoms with Crippen molar-refractivity contribution in [3.8, 4) is 11.8 Å². The van der Waals surface area contributed by atoms with E-state index in [1.165, 1.54) is 4.31 Å². The van der Waals surface area contributed by atoms with Crippen LogP contribution in [0.2, 0.25) is 0 Å². The maximum absolute atomic E-state index is 12.7.